The summed E-state index contributed by atoms with van der Waals surface area (Å²) in [4.78, 5) is 0. The Labute approximate surface area is 303 Å². The minimum Gasteiger partial charge on any atom is -0.0622 e. The Morgan fingerprint density at radius 2 is 0.500 bits per heavy atom. The molecule has 0 unspecified atom stereocenters. The summed E-state index contributed by atoms with van der Waals surface area (Å²) < 4.78 is 0. The number of fused-ring (bicyclic) bond motifs is 7. The summed E-state index contributed by atoms with van der Waals surface area (Å²) in [7, 11) is 0. The van der Waals surface area contributed by atoms with Crippen molar-refractivity contribution in [3.05, 3.63) is 206 Å². The average molecular weight is 659 g/mol. The Kier molecular flexibility index (Phi) is 7.25. The summed E-state index contributed by atoms with van der Waals surface area (Å²) in [6, 6.07) is 75.5. The molecule has 0 fully saturated rings. The van der Waals surface area contributed by atoms with Gasteiger partial charge in [-0.2, -0.15) is 0 Å². The van der Waals surface area contributed by atoms with Crippen LogP contribution in [0.3, 0.4) is 0 Å². The zero-order valence-corrected chi connectivity index (χ0v) is 28.6. The van der Waals surface area contributed by atoms with E-state index in [4.69, 9.17) is 0 Å². The molecule has 0 atom stereocenters. The highest BCUT2D eigenvalue weighted by molar-refractivity contribution is 6.25. The quantitative estimate of drug-likeness (QED) is 0.161. The molecule has 0 heteroatoms. The zero-order chi connectivity index (χ0) is 34.4. The minimum absolute atomic E-state index is 1.21. The highest BCUT2D eigenvalue weighted by Gasteiger charge is 2.14. The van der Waals surface area contributed by atoms with Gasteiger partial charge in [-0.15, -0.1) is 0 Å². The van der Waals surface area contributed by atoms with Gasteiger partial charge in [0.05, 0.1) is 0 Å². The second-order valence-electron chi connectivity index (χ2n) is 13.7. The molecule has 10 aromatic rings. The third-order valence-electron chi connectivity index (χ3n) is 10.7. The summed E-state index contributed by atoms with van der Waals surface area (Å²) in [5.41, 5.74) is 12.2. The molecule has 0 nitrogen and oxygen atoms in total. The molecule has 0 bridgehead atoms. The van der Waals surface area contributed by atoms with Gasteiger partial charge in [-0.1, -0.05) is 182 Å². The lowest BCUT2D eigenvalue weighted by atomic mass is 9.88. The first-order valence-corrected chi connectivity index (χ1v) is 18.0. The predicted octanol–water partition coefficient (Wildman–Crippen LogP) is 14.6. The van der Waals surface area contributed by atoms with Crippen LogP contribution in [0.4, 0.5) is 0 Å². The van der Waals surface area contributed by atoms with E-state index in [1.807, 2.05) is 0 Å². The highest BCUT2D eigenvalue weighted by atomic mass is 14.2. The van der Waals surface area contributed by atoms with Crippen molar-refractivity contribution in [2.75, 3.05) is 0 Å². The van der Waals surface area contributed by atoms with Gasteiger partial charge in [-0.3, -0.25) is 0 Å². The minimum atomic E-state index is 1.21. The third-order valence-corrected chi connectivity index (χ3v) is 10.7. The predicted molar refractivity (Wildman–Crippen MR) is 224 cm³/mol. The van der Waals surface area contributed by atoms with Gasteiger partial charge in [0.1, 0.15) is 0 Å². The van der Waals surface area contributed by atoms with Gasteiger partial charge >= 0.3 is 0 Å². The standard InChI is InChI=1S/C52H34/c1-3-13-35(14-4-1)40-31-41(36-15-5-2-6-16-36)33-42(32-40)44-30-29-43(45-17-7-8-18-46(44)45)38-25-23-37(24-26-38)39-27-28-51-49-21-10-9-19-47(49)48-20-11-12-22-50(48)52(51)34-39/h1-34H. The van der Waals surface area contributed by atoms with Crippen molar-refractivity contribution in [3.8, 4) is 55.6 Å². The van der Waals surface area contributed by atoms with Gasteiger partial charge in [-0.05, 0) is 123 Å². The topological polar surface area (TPSA) is 0 Å². The van der Waals surface area contributed by atoms with Crippen molar-refractivity contribution in [3.63, 3.8) is 0 Å². The van der Waals surface area contributed by atoms with E-state index in [1.54, 1.807) is 0 Å². The molecule has 242 valence electrons. The fourth-order valence-corrected chi connectivity index (χ4v) is 8.11. The molecule has 0 heterocycles. The summed E-state index contributed by atoms with van der Waals surface area (Å²) in [6.45, 7) is 0. The number of benzene rings is 10. The number of hydrogen-bond donors (Lipinski definition) is 0. The van der Waals surface area contributed by atoms with Gasteiger partial charge in [0, 0.05) is 0 Å². The van der Waals surface area contributed by atoms with Crippen LogP contribution in [0.5, 0.6) is 0 Å². The lowest BCUT2D eigenvalue weighted by Gasteiger charge is -2.15. The van der Waals surface area contributed by atoms with Crippen molar-refractivity contribution in [2.24, 2.45) is 0 Å². The number of hydrogen-bond acceptors (Lipinski definition) is 0. The van der Waals surface area contributed by atoms with Crippen molar-refractivity contribution >= 4 is 43.1 Å². The maximum Gasteiger partial charge on any atom is -0.00928 e. The molecular formula is C52H34. The zero-order valence-electron chi connectivity index (χ0n) is 28.6. The SMILES string of the molecule is c1ccc(-c2cc(-c3ccccc3)cc(-c3ccc(-c4ccc(-c5ccc6c7ccccc7c7ccccc7c6c5)cc4)c4ccccc34)c2)cc1. The second-order valence-corrected chi connectivity index (χ2v) is 13.7. The maximum absolute atomic E-state index is 2.37. The molecule has 0 saturated heterocycles. The molecule has 0 radical (unpaired) electrons. The van der Waals surface area contributed by atoms with Crippen LogP contribution in [0, 0.1) is 0 Å². The lowest BCUT2D eigenvalue weighted by molar-refractivity contribution is 1.57. The van der Waals surface area contributed by atoms with E-state index >= 15 is 0 Å². The third kappa shape index (κ3) is 5.16. The molecule has 0 aromatic heterocycles. The van der Waals surface area contributed by atoms with E-state index in [9.17, 15) is 0 Å². The van der Waals surface area contributed by atoms with Gasteiger partial charge in [0.2, 0.25) is 0 Å². The fraction of sp³-hybridized carbons (Fsp3) is 0. The fourth-order valence-electron chi connectivity index (χ4n) is 8.11. The largest absolute Gasteiger partial charge is 0.0622 e. The molecule has 0 spiro atoms. The average Bonchev–Trinajstić information content (AvgIpc) is 3.24. The van der Waals surface area contributed by atoms with Crippen LogP contribution in [0.25, 0.3) is 98.7 Å². The van der Waals surface area contributed by atoms with Crippen LogP contribution in [0.1, 0.15) is 0 Å². The summed E-state index contributed by atoms with van der Waals surface area (Å²) in [5.74, 6) is 0. The van der Waals surface area contributed by atoms with Crippen LogP contribution in [-0.4, -0.2) is 0 Å². The monoisotopic (exact) mass is 658 g/mol. The van der Waals surface area contributed by atoms with E-state index < -0.39 is 0 Å². The van der Waals surface area contributed by atoms with Crippen LogP contribution in [-0.2, 0) is 0 Å². The Morgan fingerprint density at radius 1 is 0.154 bits per heavy atom. The molecule has 10 aromatic carbocycles. The van der Waals surface area contributed by atoms with Crippen molar-refractivity contribution < 1.29 is 0 Å². The highest BCUT2D eigenvalue weighted by Crippen LogP contribution is 2.41. The van der Waals surface area contributed by atoms with Gasteiger partial charge < -0.3 is 0 Å². The van der Waals surface area contributed by atoms with Gasteiger partial charge in [0.15, 0.2) is 0 Å². The maximum atomic E-state index is 2.37. The Hall–Kier alpha value is -6.76. The normalized spacial score (nSPS) is 11.5. The first kappa shape index (κ1) is 30.1. The molecule has 0 saturated carbocycles. The number of rotatable bonds is 5. The van der Waals surface area contributed by atoms with E-state index in [-0.39, 0.29) is 0 Å². The summed E-state index contributed by atoms with van der Waals surface area (Å²) >= 11 is 0. The Morgan fingerprint density at radius 3 is 1.02 bits per heavy atom. The first-order chi connectivity index (χ1) is 25.8. The Balaban J connectivity index is 1.06. The molecule has 0 amide bonds. The van der Waals surface area contributed by atoms with Gasteiger partial charge in [0.25, 0.3) is 0 Å². The molecule has 0 aliphatic carbocycles. The molecule has 0 aliphatic heterocycles. The van der Waals surface area contributed by atoms with Gasteiger partial charge in [-0.25, -0.2) is 0 Å². The summed E-state index contributed by atoms with van der Waals surface area (Å²) in [6.07, 6.45) is 0. The van der Waals surface area contributed by atoms with Crippen molar-refractivity contribution in [2.45, 2.75) is 0 Å². The molecule has 0 aliphatic rings. The molecule has 52 heavy (non-hydrogen) atoms. The lowest BCUT2D eigenvalue weighted by Crippen LogP contribution is -1.89. The van der Waals surface area contributed by atoms with Crippen molar-refractivity contribution in [1.29, 1.82) is 0 Å². The van der Waals surface area contributed by atoms with E-state index in [1.165, 1.54) is 98.7 Å². The second kappa shape index (κ2) is 12.5. The molecular weight excluding hydrogens is 625 g/mol. The van der Waals surface area contributed by atoms with E-state index in [2.05, 4.69) is 206 Å². The smallest absolute Gasteiger partial charge is 0.00928 e. The Bertz CT molecular complexity index is 2820. The van der Waals surface area contributed by atoms with Crippen molar-refractivity contribution in [1.82, 2.24) is 0 Å². The van der Waals surface area contributed by atoms with Crippen LogP contribution in [0.2, 0.25) is 0 Å². The summed E-state index contributed by atoms with van der Waals surface area (Å²) in [5, 5.41) is 10.3. The van der Waals surface area contributed by atoms with Crippen LogP contribution < -0.4 is 0 Å². The van der Waals surface area contributed by atoms with E-state index in [0.717, 1.165) is 0 Å². The van der Waals surface area contributed by atoms with Crippen LogP contribution >= 0.6 is 0 Å². The first-order valence-electron chi connectivity index (χ1n) is 18.0. The molecule has 0 N–H and O–H groups in total. The van der Waals surface area contributed by atoms with Crippen LogP contribution in [0.15, 0.2) is 206 Å². The molecule has 10 rings (SSSR count). The van der Waals surface area contributed by atoms with E-state index in [0.29, 0.717) is 0 Å².